The molecule has 0 bridgehead atoms. The Morgan fingerprint density at radius 3 is 2.24 bits per heavy atom. The summed E-state index contributed by atoms with van der Waals surface area (Å²) in [6.45, 7) is 0.813. The topological polar surface area (TPSA) is 77.8 Å². The number of nitrogens with zero attached hydrogens (tertiary/aromatic N) is 2. The molecule has 0 aliphatic heterocycles. The van der Waals surface area contributed by atoms with E-state index >= 15 is 0 Å². The maximum atomic E-state index is 5.93. The molecule has 1 aliphatic carbocycles. The van der Waals surface area contributed by atoms with Crippen molar-refractivity contribution in [1.82, 2.24) is 9.97 Å². The lowest BCUT2D eigenvalue weighted by atomic mass is 9.72. The smallest absolute Gasteiger partial charge is 0.123 e. The highest BCUT2D eigenvalue weighted by Crippen LogP contribution is 2.40. The van der Waals surface area contributed by atoms with Crippen LogP contribution in [-0.4, -0.2) is 16.5 Å². The summed E-state index contributed by atoms with van der Waals surface area (Å²) >= 11 is 0. The van der Waals surface area contributed by atoms with Gasteiger partial charge in [0.2, 0.25) is 0 Å². The van der Waals surface area contributed by atoms with Gasteiger partial charge >= 0.3 is 0 Å². The maximum absolute atomic E-state index is 5.93. The normalized spacial score (nSPS) is 20.3. The fraction of sp³-hybridized carbons (Fsp3) is 0.360. The molecular formula is C25H30N4. The van der Waals surface area contributed by atoms with E-state index in [-0.39, 0.29) is 0 Å². The predicted molar refractivity (Wildman–Crippen MR) is 119 cm³/mol. The molecule has 1 atom stereocenters. The average molecular weight is 387 g/mol. The van der Waals surface area contributed by atoms with E-state index in [0.717, 1.165) is 24.1 Å². The van der Waals surface area contributed by atoms with E-state index in [9.17, 15) is 0 Å². The van der Waals surface area contributed by atoms with E-state index < -0.39 is 0 Å². The highest BCUT2D eigenvalue weighted by molar-refractivity contribution is 5.65. The Morgan fingerprint density at radius 1 is 0.862 bits per heavy atom. The van der Waals surface area contributed by atoms with Crippen LogP contribution in [0.5, 0.6) is 0 Å². The minimum Gasteiger partial charge on any atom is -0.384 e. The summed E-state index contributed by atoms with van der Waals surface area (Å²) < 4.78 is 0. The number of pyridine rings is 2. The second kappa shape index (κ2) is 9.19. The van der Waals surface area contributed by atoms with Gasteiger partial charge in [-0.3, -0.25) is 4.98 Å². The Balaban J connectivity index is 1.64. The molecule has 1 saturated carbocycles. The molecule has 0 spiro atoms. The monoisotopic (exact) mass is 386 g/mol. The minimum absolute atomic E-state index is 0.412. The van der Waals surface area contributed by atoms with Crippen LogP contribution < -0.4 is 11.5 Å². The SMILES string of the molecule is NCC1CCC(C(Cc2ccccc2)c2cc(-c3ccnc(N)c3)ccn2)CC1. The van der Waals surface area contributed by atoms with Crippen molar-refractivity contribution in [2.45, 2.75) is 38.0 Å². The van der Waals surface area contributed by atoms with E-state index in [2.05, 4.69) is 47.4 Å². The lowest BCUT2D eigenvalue weighted by molar-refractivity contribution is 0.242. The molecule has 1 aliphatic rings. The first kappa shape index (κ1) is 19.6. The first-order valence-electron chi connectivity index (χ1n) is 10.6. The molecule has 4 nitrogen and oxygen atoms in total. The van der Waals surface area contributed by atoms with Gasteiger partial charge in [-0.15, -0.1) is 0 Å². The number of nitrogens with two attached hydrogens (primary N) is 2. The van der Waals surface area contributed by atoms with E-state index in [0.29, 0.717) is 23.6 Å². The number of nitrogen functional groups attached to an aromatic ring is 1. The van der Waals surface area contributed by atoms with Gasteiger partial charge in [-0.25, -0.2) is 4.98 Å². The van der Waals surface area contributed by atoms with Gasteiger partial charge < -0.3 is 11.5 Å². The first-order valence-corrected chi connectivity index (χ1v) is 10.6. The zero-order chi connectivity index (χ0) is 20.1. The minimum atomic E-state index is 0.412. The van der Waals surface area contributed by atoms with Crippen LogP contribution in [0.25, 0.3) is 11.1 Å². The lowest BCUT2D eigenvalue weighted by Crippen LogP contribution is -2.26. The third kappa shape index (κ3) is 4.83. The summed E-state index contributed by atoms with van der Waals surface area (Å²) in [5.74, 6) is 2.28. The Kier molecular flexibility index (Phi) is 6.20. The van der Waals surface area contributed by atoms with Crippen LogP contribution in [0.15, 0.2) is 67.0 Å². The third-order valence-electron chi connectivity index (χ3n) is 6.37. The second-order valence-corrected chi connectivity index (χ2v) is 8.25. The highest BCUT2D eigenvalue weighted by atomic mass is 14.8. The van der Waals surface area contributed by atoms with Crippen LogP contribution in [-0.2, 0) is 6.42 Å². The zero-order valence-corrected chi connectivity index (χ0v) is 16.9. The van der Waals surface area contributed by atoms with Crippen molar-refractivity contribution in [3.8, 4) is 11.1 Å². The van der Waals surface area contributed by atoms with Gasteiger partial charge in [0.05, 0.1) is 0 Å². The number of rotatable bonds is 6. The maximum Gasteiger partial charge on any atom is 0.123 e. The zero-order valence-electron chi connectivity index (χ0n) is 16.9. The van der Waals surface area contributed by atoms with Crippen molar-refractivity contribution in [2.24, 2.45) is 17.6 Å². The van der Waals surface area contributed by atoms with Crippen LogP contribution in [0.1, 0.15) is 42.9 Å². The van der Waals surface area contributed by atoms with E-state index in [1.54, 1.807) is 6.20 Å². The number of benzene rings is 1. The Hall–Kier alpha value is -2.72. The van der Waals surface area contributed by atoms with Crippen molar-refractivity contribution in [1.29, 1.82) is 0 Å². The summed E-state index contributed by atoms with van der Waals surface area (Å²) in [5.41, 5.74) is 16.6. The summed E-state index contributed by atoms with van der Waals surface area (Å²) in [4.78, 5) is 8.95. The van der Waals surface area contributed by atoms with Crippen LogP contribution in [0, 0.1) is 11.8 Å². The molecule has 4 rings (SSSR count). The second-order valence-electron chi connectivity index (χ2n) is 8.25. The molecule has 0 amide bonds. The number of hydrogen-bond acceptors (Lipinski definition) is 4. The Bertz CT molecular complexity index is 917. The fourth-order valence-corrected chi connectivity index (χ4v) is 4.67. The molecule has 1 unspecified atom stereocenters. The standard InChI is InChI=1S/C25H30N4/c26-17-19-6-8-20(9-7-19)23(14-18-4-2-1-3-5-18)24-15-21(10-12-28-24)22-11-13-29-25(27)16-22/h1-5,10-13,15-16,19-20,23H,6-9,14,17,26H2,(H2,27,29). The van der Waals surface area contributed by atoms with Crippen LogP contribution in [0.4, 0.5) is 5.82 Å². The fourth-order valence-electron chi connectivity index (χ4n) is 4.67. The molecule has 0 saturated heterocycles. The van der Waals surface area contributed by atoms with Gasteiger partial charge in [-0.05, 0) is 91.4 Å². The number of hydrogen-bond donors (Lipinski definition) is 2. The van der Waals surface area contributed by atoms with Crippen LogP contribution in [0.3, 0.4) is 0 Å². The number of aromatic nitrogens is 2. The summed E-state index contributed by atoms with van der Waals surface area (Å²) in [6, 6.07) is 19.0. The lowest BCUT2D eigenvalue weighted by Gasteiger charge is -2.33. The molecule has 0 radical (unpaired) electrons. The van der Waals surface area contributed by atoms with Crippen molar-refractivity contribution < 1.29 is 0 Å². The Morgan fingerprint density at radius 2 is 1.55 bits per heavy atom. The molecule has 29 heavy (non-hydrogen) atoms. The molecule has 1 aromatic carbocycles. The van der Waals surface area contributed by atoms with Gasteiger partial charge in [0.25, 0.3) is 0 Å². The van der Waals surface area contributed by atoms with Gasteiger partial charge in [0, 0.05) is 24.0 Å². The summed E-state index contributed by atoms with van der Waals surface area (Å²) in [5, 5.41) is 0. The summed E-state index contributed by atoms with van der Waals surface area (Å²) in [7, 11) is 0. The first-order chi connectivity index (χ1) is 14.2. The van der Waals surface area contributed by atoms with Crippen LogP contribution >= 0.6 is 0 Å². The van der Waals surface area contributed by atoms with Crippen LogP contribution in [0.2, 0.25) is 0 Å². The predicted octanol–water partition coefficient (Wildman–Crippen LogP) is 4.82. The quantitative estimate of drug-likeness (QED) is 0.637. The van der Waals surface area contributed by atoms with E-state index in [4.69, 9.17) is 16.5 Å². The molecule has 2 heterocycles. The van der Waals surface area contributed by atoms with Crippen molar-refractivity contribution >= 4 is 5.82 Å². The molecule has 150 valence electrons. The highest BCUT2D eigenvalue weighted by Gasteiger charge is 2.29. The molecule has 3 aromatic rings. The largest absolute Gasteiger partial charge is 0.384 e. The summed E-state index contributed by atoms with van der Waals surface area (Å²) in [6.07, 6.45) is 9.64. The Labute approximate surface area is 173 Å². The van der Waals surface area contributed by atoms with Crippen molar-refractivity contribution in [3.63, 3.8) is 0 Å². The molecule has 1 fully saturated rings. The molecule has 2 aromatic heterocycles. The molecule has 4 N–H and O–H groups in total. The van der Waals surface area contributed by atoms with Crippen molar-refractivity contribution in [2.75, 3.05) is 12.3 Å². The van der Waals surface area contributed by atoms with Crippen molar-refractivity contribution in [3.05, 3.63) is 78.2 Å². The molecular weight excluding hydrogens is 356 g/mol. The third-order valence-corrected chi connectivity index (χ3v) is 6.37. The van der Waals surface area contributed by atoms with Gasteiger partial charge in [-0.2, -0.15) is 0 Å². The van der Waals surface area contributed by atoms with E-state index in [1.807, 2.05) is 18.3 Å². The average Bonchev–Trinajstić information content (AvgIpc) is 2.78. The van der Waals surface area contributed by atoms with E-state index in [1.165, 1.54) is 36.9 Å². The number of anilines is 1. The van der Waals surface area contributed by atoms with Gasteiger partial charge in [-0.1, -0.05) is 30.3 Å². The van der Waals surface area contributed by atoms with Gasteiger partial charge in [0.15, 0.2) is 0 Å². The molecule has 4 heteroatoms. The van der Waals surface area contributed by atoms with Gasteiger partial charge in [0.1, 0.15) is 5.82 Å².